The second kappa shape index (κ2) is 6.98. The zero-order valence-corrected chi connectivity index (χ0v) is 13.7. The quantitative estimate of drug-likeness (QED) is 0.814. The van der Waals surface area contributed by atoms with Gasteiger partial charge < -0.3 is 13.9 Å². The van der Waals surface area contributed by atoms with Crippen LogP contribution in [0.3, 0.4) is 0 Å². The third-order valence-electron chi connectivity index (χ3n) is 4.20. The summed E-state index contributed by atoms with van der Waals surface area (Å²) >= 11 is 0. The van der Waals surface area contributed by atoms with E-state index in [9.17, 15) is 4.79 Å². The van der Waals surface area contributed by atoms with Gasteiger partial charge in [0.15, 0.2) is 5.69 Å². The van der Waals surface area contributed by atoms with Gasteiger partial charge in [0.1, 0.15) is 17.2 Å². The topological polar surface area (TPSA) is 72.4 Å². The van der Waals surface area contributed by atoms with Crippen LogP contribution in [0.25, 0.3) is 0 Å². The molecule has 1 aliphatic rings. The molecule has 1 fully saturated rings. The van der Waals surface area contributed by atoms with Gasteiger partial charge in [0.2, 0.25) is 0 Å². The van der Waals surface area contributed by atoms with Crippen molar-refractivity contribution in [2.75, 3.05) is 6.54 Å². The Morgan fingerprint density at radius 1 is 1.17 bits per heavy atom. The van der Waals surface area contributed by atoms with Crippen molar-refractivity contribution in [2.45, 2.75) is 58.4 Å². The first-order valence-electron chi connectivity index (χ1n) is 8.45. The molecule has 6 heteroatoms. The number of hydrogen-bond acceptors (Lipinski definition) is 5. The summed E-state index contributed by atoms with van der Waals surface area (Å²) < 4.78 is 10.6. The molecule has 6 nitrogen and oxygen atoms in total. The Kier molecular flexibility index (Phi) is 4.79. The summed E-state index contributed by atoms with van der Waals surface area (Å²) in [6, 6.07) is 3.71. The van der Waals surface area contributed by atoms with Crippen LogP contribution in [-0.2, 0) is 12.8 Å². The lowest BCUT2D eigenvalue weighted by Crippen LogP contribution is -2.30. The molecule has 23 heavy (non-hydrogen) atoms. The van der Waals surface area contributed by atoms with Crippen molar-refractivity contribution >= 4 is 5.91 Å². The van der Waals surface area contributed by atoms with Gasteiger partial charge in [0.25, 0.3) is 5.91 Å². The molecule has 0 bridgehead atoms. The Labute approximate surface area is 135 Å². The summed E-state index contributed by atoms with van der Waals surface area (Å²) in [5, 5.41) is 8.10. The first kappa shape index (κ1) is 15.8. The van der Waals surface area contributed by atoms with Crippen molar-refractivity contribution in [2.24, 2.45) is 0 Å². The molecule has 0 saturated carbocycles. The van der Waals surface area contributed by atoms with Crippen LogP contribution in [0.5, 0.6) is 0 Å². The zero-order valence-electron chi connectivity index (χ0n) is 13.7. The molecule has 1 amide bonds. The average Bonchev–Trinajstić information content (AvgIpc) is 3.27. The molecule has 0 N–H and O–H groups in total. The first-order chi connectivity index (χ1) is 11.2. The maximum atomic E-state index is 12.7. The summed E-state index contributed by atoms with van der Waals surface area (Å²) in [6.45, 7) is 4.89. The molecule has 124 valence electrons. The summed E-state index contributed by atoms with van der Waals surface area (Å²) in [5.74, 6) is 1.56. The summed E-state index contributed by atoms with van der Waals surface area (Å²) in [6.07, 6.45) is 5.52. The number of amides is 1. The van der Waals surface area contributed by atoms with E-state index in [1.807, 2.05) is 11.0 Å². The van der Waals surface area contributed by atoms with Crippen LogP contribution >= 0.6 is 0 Å². The van der Waals surface area contributed by atoms with Crippen molar-refractivity contribution in [1.82, 2.24) is 15.2 Å². The number of aryl methyl sites for hydroxylation is 2. The highest BCUT2D eigenvalue weighted by Gasteiger charge is 2.34. The highest BCUT2D eigenvalue weighted by Crippen LogP contribution is 2.33. The van der Waals surface area contributed by atoms with E-state index < -0.39 is 0 Å². The SMILES string of the molecule is CCCc1cc(C(=O)N2CCC[C@@H]2c2cc(CCC)on2)no1. The molecule has 0 aliphatic carbocycles. The highest BCUT2D eigenvalue weighted by molar-refractivity contribution is 5.92. The molecule has 3 rings (SSSR count). The highest BCUT2D eigenvalue weighted by atomic mass is 16.5. The van der Waals surface area contributed by atoms with Crippen LogP contribution in [0.2, 0.25) is 0 Å². The van der Waals surface area contributed by atoms with Crippen molar-refractivity contribution in [3.05, 3.63) is 35.0 Å². The van der Waals surface area contributed by atoms with Crippen LogP contribution in [-0.4, -0.2) is 27.7 Å². The summed E-state index contributed by atoms with van der Waals surface area (Å²) in [4.78, 5) is 14.6. The van der Waals surface area contributed by atoms with Crippen LogP contribution in [0.15, 0.2) is 21.2 Å². The van der Waals surface area contributed by atoms with Gasteiger partial charge in [-0.1, -0.05) is 24.2 Å². The number of nitrogens with zero attached hydrogens (tertiary/aromatic N) is 3. The van der Waals surface area contributed by atoms with Gasteiger partial charge in [-0.25, -0.2) is 0 Å². The van der Waals surface area contributed by atoms with E-state index in [0.29, 0.717) is 5.69 Å². The smallest absolute Gasteiger partial charge is 0.276 e. The van der Waals surface area contributed by atoms with Gasteiger partial charge in [0.05, 0.1) is 6.04 Å². The van der Waals surface area contributed by atoms with Crippen LogP contribution in [0.1, 0.15) is 73.3 Å². The fourth-order valence-corrected chi connectivity index (χ4v) is 3.09. The minimum atomic E-state index is -0.0846. The summed E-state index contributed by atoms with van der Waals surface area (Å²) in [7, 11) is 0. The van der Waals surface area contributed by atoms with Gasteiger partial charge >= 0.3 is 0 Å². The van der Waals surface area contributed by atoms with Crippen molar-refractivity contribution < 1.29 is 13.8 Å². The van der Waals surface area contributed by atoms with Gasteiger partial charge in [-0.05, 0) is 25.7 Å². The molecule has 0 radical (unpaired) electrons. The van der Waals surface area contributed by atoms with E-state index in [1.165, 1.54) is 0 Å². The summed E-state index contributed by atoms with van der Waals surface area (Å²) in [5.41, 5.74) is 1.23. The van der Waals surface area contributed by atoms with Gasteiger partial charge in [-0.15, -0.1) is 0 Å². The minimum absolute atomic E-state index is 0.0248. The van der Waals surface area contributed by atoms with Crippen molar-refractivity contribution in [3.8, 4) is 0 Å². The van der Waals surface area contributed by atoms with Gasteiger partial charge in [-0.3, -0.25) is 4.79 Å². The third kappa shape index (κ3) is 3.30. The number of carbonyl (C=O) groups excluding carboxylic acids is 1. The second-order valence-corrected chi connectivity index (χ2v) is 6.05. The number of likely N-dealkylation sites (tertiary alicyclic amines) is 1. The predicted octanol–water partition coefficient (Wildman–Crippen LogP) is 3.54. The van der Waals surface area contributed by atoms with E-state index in [1.54, 1.807) is 6.07 Å². The molecule has 0 spiro atoms. The fourth-order valence-electron chi connectivity index (χ4n) is 3.09. The molecule has 2 aromatic heterocycles. The Bertz CT molecular complexity index is 662. The Balaban J connectivity index is 1.75. The molecular weight excluding hydrogens is 294 g/mol. The maximum Gasteiger partial charge on any atom is 0.276 e. The van der Waals surface area contributed by atoms with Gasteiger partial charge in [-0.2, -0.15) is 0 Å². The maximum absolute atomic E-state index is 12.7. The lowest BCUT2D eigenvalue weighted by Gasteiger charge is -2.21. The lowest BCUT2D eigenvalue weighted by molar-refractivity contribution is 0.0720. The van der Waals surface area contributed by atoms with Crippen molar-refractivity contribution in [3.63, 3.8) is 0 Å². The van der Waals surface area contributed by atoms with E-state index in [2.05, 4.69) is 24.2 Å². The largest absolute Gasteiger partial charge is 0.361 e. The van der Waals surface area contributed by atoms with E-state index in [0.717, 1.165) is 62.3 Å². The number of hydrogen-bond donors (Lipinski definition) is 0. The van der Waals surface area contributed by atoms with Crippen molar-refractivity contribution in [1.29, 1.82) is 0 Å². The average molecular weight is 317 g/mol. The molecule has 1 aliphatic heterocycles. The predicted molar refractivity (Wildman–Crippen MR) is 84.0 cm³/mol. The molecule has 2 aromatic rings. The van der Waals surface area contributed by atoms with Crippen LogP contribution in [0, 0.1) is 0 Å². The minimum Gasteiger partial charge on any atom is -0.361 e. The molecule has 1 atom stereocenters. The molecule has 0 aromatic carbocycles. The lowest BCUT2D eigenvalue weighted by atomic mass is 10.1. The molecule has 0 unspecified atom stereocenters. The zero-order chi connectivity index (χ0) is 16.2. The van der Waals surface area contributed by atoms with E-state index in [-0.39, 0.29) is 11.9 Å². The first-order valence-corrected chi connectivity index (χ1v) is 8.45. The van der Waals surface area contributed by atoms with Gasteiger partial charge in [0, 0.05) is 31.5 Å². The normalized spacial score (nSPS) is 17.8. The second-order valence-electron chi connectivity index (χ2n) is 6.05. The molecular formula is C17H23N3O3. The Hall–Kier alpha value is -2.11. The number of rotatable bonds is 6. The standard InChI is InChI=1S/C17H23N3O3/c1-3-6-12-10-14(18-22-12)16-8-5-9-20(16)17(21)15-11-13(7-4-2)23-19-15/h10-11,16H,3-9H2,1-2H3/t16-/m1/s1. The molecule has 1 saturated heterocycles. The number of carbonyl (C=O) groups is 1. The molecule has 3 heterocycles. The third-order valence-corrected chi connectivity index (χ3v) is 4.20. The van der Waals surface area contributed by atoms with E-state index in [4.69, 9.17) is 9.05 Å². The van der Waals surface area contributed by atoms with E-state index >= 15 is 0 Å². The Morgan fingerprint density at radius 3 is 2.61 bits per heavy atom. The monoisotopic (exact) mass is 317 g/mol. The van der Waals surface area contributed by atoms with Crippen LogP contribution < -0.4 is 0 Å². The Morgan fingerprint density at radius 2 is 1.87 bits per heavy atom. The number of aromatic nitrogens is 2. The fraction of sp³-hybridized carbons (Fsp3) is 0.588. The van der Waals surface area contributed by atoms with Crippen LogP contribution in [0.4, 0.5) is 0 Å².